The van der Waals surface area contributed by atoms with Crippen molar-refractivity contribution >= 4 is 23.0 Å². The molecule has 0 bridgehead atoms. The van der Waals surface area contributed by atoms with E-state index in [1.165, 1.54) is 0 Å². The Morgan fingerprint density at radius 3 is 2.40 bits per heavy atom. The Kier molecular flexibility index (Phi) is 3.04. The molecule has 2 aromatic carbocycles. The van der Waals surface area contributed by atoms with Crippen molar-refractivity contribution in [3.8, 4) is 22.8 Å². The molecule has 6 heteroatoms. The van der Waals surface area contributed by atoms with Gasteiger partial charge in [-0.05, 0) is 30.3 Å². The number of aromatic nitrogens is 3. The summed E-state index contributed by atoms with van der Waals surface area (Å²) in [6, 6.07) is 12.6. The third-order valence-corrected chi connectivity index (χ3v) is 3.05. The fourth-order valence-corrected chi connectivity index (χ4v) is 2.15. The first-order valence-electron chi connectivity index (χ1n) is 5.96. The van der Waals surface area contributed by atoms with Crippen molar-refractivity contribution in [1.82, 2.24) is 15.2 Å². The highest BCUT2D eigenvalue weighted by Crippen LogP contribution is 2.25. The Morgan fingerprint density at radius 2 is 1.70 bits per heavy atom. The van der Waals surface area contributed by atoms with E-state index in [0.29, 0.717) is 28.0 Å². The maximum Gasteiger partial charge on any atom is 0.181 e. The summed E-state index contributed by atoms with van der Waals surface area (Å²) in [5, 5.41) is 7.72. The molecule has 0 atom stereocenters. The summed E-state index contributed by atoms with van der Waals surface area (Å²) in [5.74, 6) is 1.18. The summed E-state index contributed by atoms with van der Waals surface area (Å²) in [4.78, 5) is 4.44. The molecule has 0 aliphatic carbocycles. The van der Waals surface area contributed by atoms with Crippen LogP contribution in [0.1, 0.15) is 0 Å². The van der Waals surface area contributed by atoms with E-state index in [2.05, 4.69) is 15.2 Å². The largest absolute Gasteiger partial charge is 0.399 e. The number of nitrogens with two attached hydrogens (primary N) is 2. The maximum atomic E-state index is 5.96. The van der Waals surface area contributed by atoms with Gasteiger partial charge < -0.3 is 11.5 Å². The Morgan fingerprint density at radius 1 is 0.950 bits per heavy atom. The quantitative estimate of drug-likeness (QED) is 0.631. The minimum Gasteiger partial charge on any atom is -0.399 e. The molecular weight excluding hydrogens is 274 g/mol. The molecule has 20 heavy (non-hydrogen) atoms. The fraction of sp³-hybridized carbons (Fsp3) is 0. The van der Waals surface area contributed by atoms with Crippen molar-refractivity contribution in [3.63, 3.8) is 0 Å². The Labute approximate surface area is 120 Å². The SMILES string of the molecule is Nc1cc(N)cc(-c2n[nH]c(-c3cccc(Cl)c3)n2)c1. The van der Waals surface area contributed by atoms with Gasteiger partial charge in [-0.25, -0.2) is 4.98 Å². The molecule has 3 rings (SSSR count). The van der Waals surface area contributed by atoms with Gasteiger partial charge in [0, 0.05) is 27.5 Å². The van der Waals surface area contributed by atoms with Crippen molar-refractivity contribution in [1.29, 1.82) is 0 Å². The molecule has 0 aliphatic heterocycles. The van der Waals surface area contributed by atoms with Crippen molar-refractivity contribution in [2.24, 2.45) is 0 Å². The van der Waals surface area contributed by atoms with Gasteiger partial charge in [0.1, 0.15) is 0 Å². The lowest BCUT2D eigenvalue weighted by atomic mass is 10.1. The number of nitrogens with one attached hydrogen (secondary N) is 1. The summed E-state index contributed by atoms with van der Waals surface area (Å²) >= 11 is 5.96. The number of nitrogens with zero attached hydrogens (tertiary/aromatic N) is 2. The van der Waals surface area contributed by atoms with Crippen molar-refractivity contribution in [3.05, 3.63) is 47.5 Å². The van der Waals surface area contributed by atoms with Gasteiger partial charge in [-0.3, -0.25) is 5.10 Å². The van der Waals surface area contributed by atoms with Gasteiger partial charge in [0.2, 0.25) is 0 Å². The Bertz CT molecular complexity index is 746. The second kappa shape index (κ2) is 4.86. The predicted molar refractivity (Wildman–Crippen MR) is 81.1 cm³/mol. The van der Waals surface area contributed by atoms with E-state index >= 15 is 0 Å². The zero-order chi connectivity index (χ0) is 14.1. The number of halogens is 1. The molecule has 5 N–H and O–H groups in total. The van der Waals surface area contributed by atoms with Crippen molar-refractivity contribution in [2.45, 2.75) is 0 Å². The van der Waals surface area contributed by atoms with Crippen LogP contribution in [-0.4, -0.2) is 15.2 Å². The number of hydrogen-bond acceptors (Lipinski definition) is 4. The summed E-state index contributed by atoms with van der Waals surface area (Å²) in [5.41, 5.74) is 14.3. The zero-order valence-electron chi connectivity index (χ0n) is 10.5. The molecule has 1 aromatic heterocycles. The molecular formula is C14H12ClN5. The summed E-state index contributed by atoms with van der Waals surface area (Å²) in [6.07, 6.45) is 0. The number of aromatic amines is 1. The standard InChI is InChI=1S/C14H12ClN5/c15-10-3-1-2-8(4-10)13-18-14(20-19-13)9-5-11(16)7-12(17)6-9/h1-7H,16-17H2,(H,18,19,20). The second-order valence-electron chi connectivity index (χ2n) is 4.41. The van der Waals surface area contributed by atoms with Crippen LogP contribution < -0.4 is 11.5 Å². The van der Waals surface area contributed by atoms with Crippen molar-refractivity contribution < 1.29 is 0 Å². The van der Waals surface area contributed by atoms with E-state index in [1.807, 2.05) is 18.2 Å². The lowest BCUT2D eigenvalue weighted by Gasteiger charge is -2.00. The van der Waals surface area contributed by atoms with E-state index in [1.54, 1.807) is 24.3 Å². The first kappa shape index (κ1) is 12.5. The molecule has 0 aliphatic rings. The highest BCUT2D eigenvalue weighted by Gasteiger charge is 2.09. The molecule has 1 heterocycles. The Hall–Kier alpha value is -2.53. The average molecular weight is 286 g/mol. The van der Waals surface area contributed by atoms with Gasteiger partial charge in [0.05, 0.1) is 0 Å². The van der Waals surface area contributed by atoms with E-state index in [9.17, 15) is 0 Å². The van der Waals surface area contributed by atoms with Crippen LogP contribution in [0.15, 0.2) is 42.5 Å². The van der Waals surface area contributed by atoms with Gasteiger partial charge >= 0.3 is 0 Å². The molecule has 0 unspecified atom stereocenters. The summed E-state index contributed by atoms with van der Waals surface area (Å²) in [7, 11) is 0. The number of rotatable bonds is 2. The lowest BCUT2D eigenvalue weighted by Crippen LogP contribution is -1.92. The van der Waals surface area contributed by atoms with Crippen LogP contribution in [0.2, 0.25) is 5.02 Å². The highest BCUT2D eigenvalue weighted by molar-refractivity contribution is 6.30. The number of H-pyrrole nitrogens is 1. The third-order valence-electron chi connectivity index (χ3n) is 2.82. The van der Waals surface area contributed by atoms with Crippen LogP contribution in [-0.2, 0) is 0 Å². The first-order valence-corrected chi connectivity index (χ1v) is 6.34. The van der Waals surface area contributed by atoms with Crippen LogP contribution in [0.3, 0.4) is 0 Å². The smallest absolute Gasteiger partial charge is 0.181 e. The van der Waals surface area contributed by atoms with Gasteiger partial charge in [-0.1, -0.05) is 23.7 Å². The molecule has 0 saturated carbocycles. The molecule has 0 spiro atoms. The van der Waals surface area contributed by atoms with Crippen LogP contribution in [0.5, 0.6) is 0 Å². The van der Waals surface area contributed by atoms with Gasteiger partial charge in [-0.15, -0.1) is 0 Å². The van der Waals surface area contributed by atoms with E-state index in [-0.39, 0.29) is 0 Å². The molecule has 0 radical (unpaired) electrons. The number of hydrogen-bond donors (Lipinski definition) is 3. The third kappa shape index (κ3) is 2.44. The molecule has 3 aromatic rings. The van der Waals surface area contributed by atoms with Gasteiger partial charge in [0.25, 0.3) is 0 Å². The molecule has 0 fully saturated rings. The normalized spacial score (nSPS) is 10.7. The number of anilines is 2. The molecule has 5 nitrogen and oxygen atoms in total. The monoisotopic (exact) mass is 285 g/mol. The van der Waals surface area contributed by atoms with E-state index in [4.69, 9.17) is 23.1 Å². The van der Waals surface area contributed by atoms with Crippen LogP contribution in [0.4, 0.5) is 11.4 Å². The summed E-state index contributed by atoms with van der Waals surface area (Å²) in [6.45, 7) is 0. The Balaban J connectivity index is 2.02. The minimum atomic E-state index is 0.541. The molecule has 100 valence electrons. The van der Waals surface area contributed by atoms with Crippen LogP contribution in [0.25, 0.3) is 22.8 Å². The zero-order valence-corrected chi connectivity index (χ0v) is 11.2. The minimum absolute atomic E-state index is 0.541. The second-order valence-corrected chi connectivity index (χ2v) is 4.84. The van der Waals surface area contributed by atoms with E-state index in [0.717, 1.165) is 11.1 Å². The van der Waals surface area contributed by atoms with Crippen LogP contribution in [0, 0.1) is 0 Å². The van der Waals surface area contributed by atoms with Crippen molar-refractivity contribution in [2.75, 3.05) is 11.5 Å². The average Bonchev–Trinajstić information content (AvgIpc) is 2.87. The van der Waals surface area contributed by atoms with Crippen LogP contribution >= 0.6 is 11.6 Å². The topological polar surface area (TPSA) is 93.6 Å². The highest BCUT2D eigenvalue weighted by atomic mass is 35.5. The molecule has 0 amide bonds. The predicted octanol–water partition coefficient (Wildman–Crippen LogP) is 2.96. The maximum absolute atomic E-state index is 5.96. The summed E-state index contributed by atoms with van der Waals surface area (Å²) < 4.78 is 0. The molecule has 0 saturated heterocycles. The first-order chi connectivity index (χ1) is 9.61. The van der Waals surface area contributed by atoms with Gasteiger partial charge in [0.15, 0.2) is 11.6 Å². The fourth-order valence-electron chi connectivity index (χ4n) is 1.96. The number of benzene rings is 2. The lowest BCUT2D eigenvalue weighted by molar-refractivity contribution is 1.10. The van der Waals surface area contributed by atoms with E-state index < -0.39 is 0 Å². The number of nitrogen functional groups attached to an aromatic ring is 2. The van der Waals surface area contributed by atoms with Gasteiger partial charge in [-0.2, -0.15) is 5.10 Å².